The van der Waals surface area contributed by atoms with E-state index < -0.39 is 0 Å². The van der Waals surface area contributed by atoms with Crippen molar-refractivity contribution in [3.05, 3.63) is 70.5 Å². The molecule has 1 atom stereocenters. The molecule has 0 radical (unpaired) electrons. The van der Waals surface area contributed by atoms with Gasteiger partial charge in [0.05, 0.1) is 23.5 Å². The number of rotatable bonds is 7. The Morgan fingerprint density at radius 2 is 1.87 bits per heavy atom. The summed E-state index contributed by atoms with van der Waals surface area (Å²) in [5.74, 6) is 0.845. The Bertz CT molecular complexity index is 1020. The maximum atomic E-state index is 11.4. The van der Waals surface area contributed by atoms with Crippen LogP contribution in [0.1, 0.15) is 30.9 Å². The Labute approximate surface area is 175 Å². The van der Waals surface area contributed by atoms with E-state index in [-0.39, 0.29) is 16.7 Å². The van der Waals surface area contributed by atoms with Crippen LogP contribution in [0.25, 0.3) is 10.8 Å². The normalized spacial score (nSPS) is 15.6. The van der Waals surface area contributed by atoms with Crippen LogP contribution in [0.15, 0.2) is 54.9 Å². The number of nitro groups is 1. The Morgan fingerprint density at radius 3 is 2.57 bits per heavy atom. The van der Waals surface area contributed by atoms with Crippen molar-refractivity contribution in [2.24, 2.45) is 0 Å². The van der Waals surface area contributed by atoms with Crippen LogP contribution in [0.2, 0.25) is 0 Å². The third-order valence-electron chi connectivity index (χ3n) is 5.81. The number of methoxy groups -OCH3 is 1. The summed E-state index contributed by atoms with van der Waals surface area (Å²) in [6.07, 6.45) is 6.92. The number of ether oxygens (including phenoxy) is 1. The SMILES string of the molecule is COc1ccc(C(CNc2ccc([N+](=O)[O-])c3cnccc23)N2CCCCC2)cc1. The van der Waals surface area contributed by atoms with E-state index in [1.165, 1.54) is 24.8 Å². The van der Waals surface area contributed by atoms with E-state index in [4.69, 9.17) is 4.74 Å². The van der Waals surface area contributed by atoms with Gasteiger partial charge in [-0.1, -0.05) is 18.6 Å². The van der Waals surface area contributed by atoms with E-state index in [1.807, 2.05) is 18.2 Å². The molecule has 7 nitrogen and oxygen atoms in total. The standard InChI is InChI=1S/C23H26N4O3/c1-30-18-7-5-17(6-8-18)23(26-13-3-2-4-14-26)16-25-21-9-10-22(27(28)29)20-15-24-12-11-19(20)21/h5-12,15,23,25H,2-4,13-14,16H2,1H3. The molecule has 2 heterocycles. The summed E-state index contributed by atoms with van der Waals surface area (Å²) in [4.78, 5) is 17.6. The minimum Gasteiger partial charge on any atom is -0.497 e. The number of anilines is 1. The summed E-state index contributed by atoms with van der Waals surface area (Å²) in [6, 6.07) is 13.6. The molecule has 1 saturated heterocycles. The summed E-state index contributed by atoms with van der Waals surface area (Å²) in [5.41, 5.74) is 2.19. The van der Waals surface area contributed by atoms with Crippen molar-refractivity contribution in [2.45, 2.75) is 25.3 Å². The number of fused-ring (bicyclic) bond motifs is 1. The predicted octanol–water partition coefficient (Wildman–Crippen LogP) is 4.79. The lowest BCUT2D eigenvalue weighted by Crippen LogP contribution is -2.37. The van der Waals surface area contributed by atoms with Gasteiger partial charge in [0, 0.05) is 36.1 Å². The first-order valence-electron chi connectivity index (χ1n) is 10.3. The lowest BCUT2D eigenvalue weighted by atomic mass is 10.0. The number of nitro benzene ring substituents is 1. The van der Waals surface area contributed by atoms with E-state index in [0.29, 0.717) is 11.9 Å². The van der Waals surface area contributed by atoms with E-state index in [2.05, 4.69) is 27.3 Å². The smallest absolute Gasteiger partial charge is 0.278 e. The Morgan fingerprint density at radius 1 is 1.10 bits per heavy atom. The molecule has 1 aromatic heterocycles. The van der Waals surface area contributed by atoms with Crippen LogP contribution in [0, 0.1) is 10.1 Å². The molecular formula is C23H26N4O3. The first-order valence-corrected chi connectivity index (χ1v) is 10.3. The molecule has 3 aromatic rings. The second-order valence-electron chi connectivity index (χ2n) is 7.58. The number of piperidine rings is 1. The molecule has 4 rings (SSSR count). The number of non-ortho nitro benzene ring substituents is 1. The summed E-state index contributed by atoms with van der Waals surface area (Å²) in [5, 5.41) is 16.3. The molecule has 0 spiro atoms. The van der Waals surface area contributed by atoms with E-state index >= 15 is 0 Å². The van der Waals surface area contributed by atoms with Crippen LogP contribution in [-0.4, -0.2) is 41.6 Å². The number of nitrogens with one attached hydrogen (secondary N) is 1. The lowest BCUT2D eigenvalue weighted by molar-refractivity contribution is -0.383. The second kappa shape index (κ2) is 9.09. The van der Waals surface area contributed by atoms with Crippen molar-refractivity contribution in [1.29, 1.82) is 0 Å². The fourth-order valence-corrected chi connectivity index (χ4v) is 4.21. The van der Waals surface area contributed by atoms with Gasteiger partial charge in [-0.05, 0) is 55.8 Å². The second-order valence-corrected chi connectivity index (χ2v) is 7.58. The molecule has 0 aliphatic carbocycles. The van der Waals surface area contributed by atoms with Gasteiger partial charge in [-0.15, -0.1) is 0 Å². The molecule has 0 saturated carbocycles. The highest BCUT2D eigenvalue weighted by atomic mass is 16.6. The van der Waals surface area contributed by atoms with Gasteiger partial charge >= 0.3 is 0 Å². The average Bonchev–Trinajstić information content (AvgIpc) is 2.80. The summed E-state index contributed by atoms with van der Waals surface area (Å²) < 4.78 is 5.31. The Hall–Kier alpha value is -3.19. The summed E-state index contributed by atoms with van der Waals surface area (Å²) in [6.45, 7) is 2.86. The van der Waals surface area contributed by atoms with E-state index in [1.54, 1.807) is 31.6 Å². The predicted molar refractivity (Wildman–Crippen MR) is 118 cm³/mol. The number of benzene rings is 2. The van der Waals surface area contributed by atoms with Gasteiger partial charge < -0.3 is 10.1 Å². The molecule has 0 amide bonds. The van der Waals surface area contributed by atoms with Crippen LogP contribution in [0.4, 0.5) is 11.4 Å². The van der Waals surface area contributed by atoms with Gasteiger partial charge in [-0.25, -0.2) is 0 Å². The van der Waals surface area contributed by atoms with Crippen molar-refractivity contribution in [3.63, 3.8) is 0 Å². The van der Waals surface area contributed by atoms with Gasteiger partial charge in [-0.2, -0.15) is 0 Å². The van der Waals surface area contributed by atoms with Crippen LogP contribution < -0.4 is 10.1 Å². The molecule has 1 aliphatic rings. The zero-order valence-corrected chi connectivity index (χ0v) is 17.1. The molecular weight excluding hydrogens is 380 g/mol. The number of aromatic nitrogens is 1. The molecule has 30 heavy (non-hydrogen) atoms. The van der Waals surface area contributed by atoms with Crippen LogP contribution in [-0.2, 0) is 0 Å². The molecule has 7 heteroatoms. The Balaban J connectivity index is 1.62. The minimum absolute atomic E-state index is 0.0754. The third kappa shape index (κ3) is 4.21. The van der Waals surface area contributed by atoms with E-state index in [9.17, 15) is 10.1 Å². The highest BCUT2D eigenvalue weighted by Gasteiger charge is 2.23. The third-order valence-corrected chi connectivity index (χ3v) is 5.81. The topological polar surface area (TPSA) is 80.5 Å². The molecule has 156 valence electrons. The van der Waals surface area contributed by atoms with Gasteiger partial charge in [0.25, 0.3) is 5.69 Å². The number of nitrogens with zero attached hydrogens (tertiary/aromatic N) is 3. The molecule has 2 aromatic carbocycles. The minimum atomic E-state index is -0.359. The van der Waals surface area contributed by atoms with Crippen LogP contribution >= 0.6 is 0 Å². The van der Waals surface area contributed by atoms with Gasteiger partial charge in [-0.3, -0.25) is 20.0 Å². The first kappa shape index (κ1) is 20.1. The maximum absolute atomic E-state index is 11.4. The first-order chi connectivity index (χ1) is 14.7. The molecule has 0 bridgehead atoms. The van der Waals surface area contributed by atoms with E-state index in [0.717, 1.165) is 29.9 Å². The largest absolute Gasteiger partial charge is 0.497 e. The van der Waals surface area contributed by atoms with Gasteiger partial charge in [0.15, 0.2) is 0 Å². The zero-order valence-electron chi connectivity index (χ0n) is 17.1. The maximum Gasteiger partial charge on any atom is 0.278 e. The fourth-order valence-electron chi connectivity index (χ4n) is 4.21. The lowest BCUT2D eigenvalue weighted by Gasteiger charge is -2.35. The highest BCUT2D eigenvalue weighted by Crippen LogP contribution is 2.32. The number of likely N-dealkylation sites (tertiary alicyclic amines) is 1. The molecule has 1 N–H and O–H groups in total. The zero-order chi connectivity index (χ0) is 20.9. The number of hydrogen-bond acceptors (Lipinski definition) is 6. The van der Waals surface area contributed by atoms with Crippen LogP contribution in [0.5, 0.6) is 5.75 Å². The highest BCUT2D eigenvalue weighted by molar-refractivity contribution is 5.99. The van der Waals surface area contributed by atoms with Gasteiger partial charge in [0.1, 0.15) is 5.75 Å². The summed E-state index contributed by atoms with van der Waals surface area (Å²) in [7, 11) is 1.67. The van der Waals surface area contributed by atoms with Crippen molar-refractivity contribution < 1.29 is 9.66 Å². The number of hydrogen-bond donors (Lipinski definition) is 1. The van der Waals surface area contributed by atoms with Crippen LogP contribution in [0.3, 0.4) is 0 Å². The number of pyridine rings is 1. The monoisotopic (exact) mass is 406 g/mol. The van der Waals surface area contributed by atoms with Crippen molar-refractivity contribution >= 4 is 22.1 Å². The Kier molecular flexibility index (Phi) is 6.09. The van der Waals surface area contributed by atoms with Crippen molar-refractivity contribution in [2.75, 3.05) is 32.1 Å². The van der Waals surface area contributed by atoms with Crippen molar-refractivity contribution in [1.82, 2.24) is 9.88 Å². The average molecular weight is 406 g/mol. The molecule has 1 aliphatic heterocycles. The fraction of sp³-hybridized carbons (Fsp3) is 0.348. The molecule has 1 unspecified atom stereocenters. The molecule has 1 fully saturated rings. The summed E-state index contributed by atoms with van der Waals surface area (Å²) >= 11 is 0. The van der Waals surface area contributed by atoms with Gasteiger partial charge in [0.2, 0.25) is 0 Å². The quantitative estimate of drug-likeness (QED) is 0.449. The van der Waals surface area contributed by atoms with Crippen molar-refractivity contribution in [3.8, 4) is 5.75 Å².